The summed E-state index contributed by atoms with van der Waals surface area (Å²) in [6.45, 7) is 0. The highest BCUT2D eigenvalue weighted by Crippen LogP contribution is 2.37. The van der Waals surface area contributed by atoms with Crippen molar-refractivity contribution in [2.45, 2.75) is 0 Å². The molecule has 0 unspecified atom stereocenters. The minimum Gasteiger partial charge on any atom is -0.507 e. The fourth-order valence-electron chi connectivity index (χ4n) is 5.10. The molecule has 0 radical (unpaired) electrons. The molecule has 0 aliphatic carbocycles. The van der Waals surface area contributed by atoms with Gasteiger partial charge in [-0.3, -0.25) is 9.55 Å². The molecular weight excluding hydrogens is 466 g/mol. The van der Waals surface area contributed by atoms with E-state index in [0.717, 1.165) is 44.5 Å². The lowest BCUT2D eigenvalue weighted by Gasteiger charge is -2.11. The number of benzene rings is 5. The average molecular weight is 490 g/mol. The molecular formula is C34H23N3O. The van der Waals surface area contributed by atoms with Crippen LogP contribution in [0.15, 0.2) is 134 Å². The number of hydrogen-bond donors (Lipinski definition) is 1. The Morgan fingerprint density at radius 3 is 2.16 bits per heavy atom. The average Bonchev–Trinajstić information content (AvgIpc) is 3.37. The Hall–Kier alpha value is -5.22. The van der Waals surface area contributed by atoms with Crippen molar-refractivity contribution >= 4 is 21.8 Å². The number of para-hydroxylation sites is 3. The first-order valence-corrected chi connectivity index (χ1v) is 12.6. The van der Waals surface area contributed by atoms with E-state index in [-0.39, 0.29) is 5.75 Å². The second kappa shape index (κ2) is 9.02. The van der Waals surface area contributed by atoms with Gasteiger partial charge in [-0.15, -0.1) is 0 Å². The zero-order valence-corrected chi connectivity index (χ0v) is 20.5. The Balaban J connectivity index is 1.43. The van der Waals surface area contributed by atoms with Crippen molar-refractivity contribution in [3.05, 3.63) is 134 Å². The van der Waals surface area contributed by atoms with Crippen LogP contribution in [-0.2, 0) is 0 Å². The van der Waals surface area contributed by atoms with Gasteiger partial charge in [0, 0.05) is 28.4 Å². The summed E-state index contributed by atoms with van der Waals surface area (Å²) in [5.74, 6) is 0.898. The quantitative estimate of drug-likeness (QED) is 0.271. The second-order valence-electron chi connectivity index (χ2n) is 9.29. The van der Waals surface area contributed by atoms with Crippen LogP contribution in [0.25, 0.3) is 61.3 Å². The van der Waals surface area contributed by atoms with Gasteiger partial charge in [-0.2, -0.15) is 0 Å². The van der Waals surface area contributed by atoms with Gasteiger partial charge in [0.15, 0.2) is 0 Å². The molecule has 38 heavy (non-hydrogen) atoms. The van der Waals surface area contributed by atoms with Crippen molar-refractivity contribution in [2.75, 3.05) is 0 Å². The molecule has 2 aromatic heterocycles. The lowest BCUT2D eigenvalue weighted by Crippen LogP contribution is -1.97. The molecule has 0 atom stereocenters. The fourth-order valence-corrected chi connectivity index (χ4v) is 5.10. The van der Waals surface area contributed by atoms with Crippen LogP contribution in [0.1, 0.15) is 0 Å². The van der Waals surface area contributed by atoms with E-state index in [4.69, 9.17) is 9.97 Å². The van der Waals surface area contributed by atoms with E-state index >= 15 is 0 Å². The number of phenolic OH excluding ortho intramolecular Hbond substituents is 1. The first kappa shape index (κ1) is 22.0. The largest absolute Gasteiger partial charge is 0.507 e. The predicted octanol–water partition coefficient (Wildman–Crippen LogP) is 8.28. The number of pyridine rings is 1. The molecule has 4 heteroatoms. The Labute approximate surface area is 220 Å². The number of fused-ring (bicyclic) bond motifs is 2. The number of aromatic nitrogens is 3. The van der Waals surface area contributed by atoms with Crippen molar-refractivity contribution in [1.82, 2.24) is 14.5 Å². The molecule has 2 heterocycles. The van der Waals surface area contributed by atoms with Crippen LogP contribution in [0.2, 0.25) is 0 Å². The summed E-state index contributed by atoms with van der Waals surface area (Å²) in [6.07, 6.45) is 1.93. The molecule has 0 fully saturated rings. The fraction of sp³-hybridized carbons (Fsp3) is 0. The van der Waals surface area contributed by atoms with E-state index < -0.39 is 0 Å². The molecule has 0 spiro atoms. The van der Waals surface area contributed by atoms with Crippen molar-refractivity contribution in [3.8, 4) is 45.2 Å². The first-order chi connectivity index (χ1) is 18.8. The van der Waals surface area contributed by atoms with Gasteiger partial charge in [-0.05, 0) is 53.4 Å². The third-order valence-electron chi connectivity index (χ3n) is 6.94. The molecule has 0 saturated heterocycles. The summed E-state index contributed by atoms with van der Waals surface area (Å²) in [5, 5.41) is 13.0. The van der Waals surface area contributed by atoms with Gasteiger partial charge in [-0.25, -0.2) is 4.98 Å². The highest BCUT2D eigenvalue weighted by molar-refractivity contribution is 5.96. The Kier molecular flexibility index (Phi) is 5.22. The highest BCUT2D eigenvalue weighted by Gasteiger charge is 2.19. The monoisotopic (exact) mass is 489 g/mol. The second-order valence-corrected chi connectivity index (χ2v) is 9.29. The van der Waals surface area contributed by atoms with Gasteiger partial charge in [0.2, 0.25) is 0 Å². The molecule has 0 aliphatic rings. The van der Waals surface area contributed by atoms with Crippen LogP contribution in [-0.4, -0.2) is 19.6 Å². The normalized spacial score (nSPS) is 11.3. The van der Waals surface area contributed by atoms with Crippen LogP contribution in [0.5, 0.6) is 5.75 Å². The number of hydrogen-bond acceptors (Lipinski definition) is 3. The number of imidazole rings is 1. The zero-order valence-electron chi connectivity index (χ0n) is 20.5. The summed E-state index contributed by atoms with van der Waals surface area (Å²) in [6, 6.07) is 42.6. The topological polar surface area (TPSA) is 50.9 Å². The summed E-state index contributed by atoms with van der Waals surface area (Å²) < 4.78 is 2.11. The maximum atomic E-state index is 10.7. The number of nitrogens with zero attached hydrogens (tertiary/aromatic N) is 3. The van der Waals surface area contributed by atoms with Crippen LogP contribution in [0, 0.1) is 0 Å². The van der Waals surface area contributed by atoms with Gasteiger partial charge >= 0.3 is 0 Å². The number of aromatic hydroxyl groups is 1. The molecule has 5 aromatic carbocycles. The Morgan fingerprint density at radius 1 is 0.579 bits per heavy atom. The third-order valence-corrected chi connectivity index (χ3v) is 6.94. The molecule has 1 N–H and O–H groups in total. The molecule has 4 nitrogen and oxygen atoms in total. The van der Waals surface area contributed by atoms with E-state index in [2.05, 4.69) is 83.4 Å². The molecule has 0 saturated carbocycles. The maximum Gasteiger partial charge on any atom is 0.149 e. The smallest absolute Gasteiger partial charge is 0.149 e. The minimum atomic E-state index is 0.200. The molecule has 180 valence electrons. The van der Waals surface area contributed by atoms with E-state index in [1.54, 1.807) is 6.07 Å². The standard InChI is InChI=1S/C34H23N3O/c38-32-19-7-6-16-29(32)34-36-33-28(17-9-18-31(33)37(34)27-14-2-1-3-15-27)24-12-8-13-25(20-24)30-21-23-10-4-5-11-26(23)22-35-30/h1-22,38H. The van der Waals surface area contributed by atoms with Crippen LogP contribution >= 0.6 is 0 Å². The summed E-state index contributed by atoms with van der Waals surface area (Å²) in [7, 11) is 0. The molecule has 7 rings (SSSR count). The lowest BCUT2D eigenvalue weighted by molar-refractivity contribution is 0.477. The predicted molar refractivity (Wildman–Crippen MR) is 154 cm³/mol. The van der Waals surface area contributed by atoms with E-state index in [1.165, 1.54) is 5.39 Å². The van der Waals surface area contributed by atoms with Crippen LogP contribution < -0.4 is 0 Å². The zero-order chi connectivity index (χ0) is 25.5. The molecule has 0 amide bonds. The summed E-state index contributed by atoms with van der Waals surface area (Å²) in [5.41, 5.74) is 7.59. The SMILES string of the molecule is Oc1ccccc1-c1nc2c(-c3cccc(-c4cc5ccccc5cn4)c3)cccc2n1-c1ccccc1. The lowest BCUT2D eigenvalue weighted by atomic mass is 9.99. The van der Waals surface area contributed by atoms with Crippen molar-refractivity contribution in [3.63, 3.8) is 0 Å². The van der Waals surface area contributed by atoms with Gasteiger partial charge in [0.05, 0.1) is 22.3 Å². The third kappa shape index (κ3) is 3.71. The first-order valence-electron chi connectivity index (χ1n) is 12.6. The van der Waals surface area contributed by atoms with Gasteiger partial charge in [-0.1, -0.05) is 84.9 Å². The van der Waals surface area contributed by atoms with Gasteiger partial charge < -0.3 is 5.11 Å². The summed E-state index contributed by atoms with van der Waals surface area (Å²) >= 11 is 0. The maximum absolute atomic E-state index is 10.7. The van der Waals surface area contributed by atoms with Crippen molar-refractivity contribution in [1.29, 1.82) is 0 Å². The van der Waals surface area contributed by atoms with Crippen LogP contribution in [0.4, 0.5) is 0 Å². The molecule has 0 bridgehead atoms. The Bertz CT molecular complexity index is 1940. The molecule has 0 aliphatic heterocycles. The molecule has 7 aromatic rings. The van der Waals surface area contributed by atoms with E-state index in [0.29, 0.717) is 11.4 Å². The van der Waals surface area contributed by atoms with Gasteiger partial charge in [0.25, 0.3) is 0 Å². The van der Waals surface area contributed by atoms with Crippen molar-refractivity contribution in [2.24, 2.45) is 0 Å². The highest BCUT2D eigenvalue weighted by atomic mass is 16.3. The Morgan fingerprint density at radius 2 is 1.29 bits per heavy atom. The van der Waals surface area contributed by atoms with Crippen molar-refractivity contribution < 1.29 is 5.11 Å². The number of rotatable bonds is 4. The van der Waals surface area contributed by atoms with Gasteiger partial charge in [0.1, 0.15) is 11.6 Å². The van der Waals surface area contributed by atoms with E-state index in [9.17, 15) is 5.11 Å². The van der Waals surface area contributed by atoms with Crippen LogP contribution in [0.3, 0.4) is 0 Å². The summed E-state index contributed by atoms with van der Waals surface area (Å²) in [4.78, 5) is 9.86. The number of phenols is 1. The van der Waals surface area contributed by atoms with E-state index in [1.807, 2.05) is 48.7 Å². The minimum absolute atomic E-state index is 0.200.